The molecule has 0 aliphatic carbocycles. The van der Waals surface area contributed by atoms with E-state index in [1.165, 1.54) is 24.1 Å². The van der Waals surface area contributed by atoms with Gasteiger partial charge in [0, 0.05) is 43.5 Å². The van der Waals surface area contributed by atoms with Gasteiger partial charge in [0.25, 0.3) is 5.69 Å². The molecule has 52 heavy (non-hydrogen) atoms. The van der Waals surface area contributed by atoms with Gasteiger partial charge in [-0.3, -0.25) is 10.1 Å². The second-order valence-electron chi connectivity index (χ2n) is 12.7. The zero-order chi connectivity index (χ0) is 36.6. The lowest BCUT2D eigenvalue weighted by Crippen LogP contribution is -2.41. The Kier molecular flexibility index (Phi) is 16.9. The maximum atomic E-state index is 14.2. The number of methoxy groups -OCH3 is 1. The fourth-order valence-electron chi connectivity index (χ4n) is 6.00. The average molecular weight is 778 g/mol. The monoisotopic (exact) mass is 776 g/mol. The smallest absolute Gasteiger partial charge is 0.431 e. The lowest BCUT2D eigenvalue weighted by atomic mass is 9.80. The summed E-state index contributed by atoms with van der Waals surface area (Å²) in [6.45, 7) is 6.65. The molecule has 2 heterocycles. The predicted molar refractivity (Wildman–Crippen MR) is 191 cm³/mol. The molecule has 3 N–H and O–H groups in total. The highest BCUT2D eigenvalue weighted by atomic mass is 35.5. The number of dihydropyridines is 1. The number of esters is 1. The number of alkyl halides is 3. The van der Waals surface area contributed by atoms with Crippen LogP contribution in [0.2, 0.25) is 0 Å². The maximum absolute atomic E-state index is 14.2. The Morgan fingerprint density at radius 1 is 1.08 bits per heavy atom. The minimum atomic E-state index is -5.04. The van der Waals surface area contributed by atoms with Crippen molar-refractivity contribution in [2.24, 2.45) is 5.92 Å². The molecule has 17 heteroatoms. The molecule has 2 aromatic carbocycles. The minimum Gasteiger partial charge on any atom is -0.491 e. The topological polar surface area (TPSA) is 152 Å². The van der Waals surface area contributed by atoms with Gasteiger partial charge in [-0.15, -0.1) is 29.9 Å². The van der Waals surface area contributed by atoms with Crippen molar-refractivity contribution in [1.82, 2.24) is 15.7 Å². The molecular weight excluding hydrogens is 732 g/mol. The van der Waals surface area contributed by atoms with E-state index in [4.69, 9.17) is 14.3 Å². The number of hydrogen-bond donors (Lipinski definition) is 3. The molecule has 0 aromatic heterocycles. The van der Waals surface area contributed by atoms with Gasteiger partial charge in [0.05, 0.1) is 29.1 Å². The zero-order valence-electron chi connectivity index (χ0n) is 29.2. The number of hydrogen-bond acceptors (Lipinski definition) is 11. The Morgan fingerprint density at radius 3 is 2.31 bits per heavy atom. The fraction of sp³-hybridized carbons (Fsp3) is 0.486. The number of nitrogens with zero attached hydrogens (tertiary/aromatic N) is 2. The highest BCUT2D eigenvalue weighted by molar-refractivity contribution is 6.00. The largest absolute Gasteiger partial charge is 0.491 e. The summed E-state index contributed by atoms with van der Waals surface area (Å²) in [5, 5.41) is 28.3. The number of nitro benzene ring substituents is 1. The van der Waals surface area contributed by atoms with Crippen LogP contribution in [0.5, 0.6) is 5.75 Å². The lowest BCUT2D eigenvalue weighted by molar-refractivity contribution is -0.384. The number of carbonyl (C=O) groups is 2. The number of halogens is 5. The molecule has 0 radical (unpaired) electrons. The van der Waals surface area contributed by atoms with Crippen molar-refractivity contribution in [3.05, 3.63) is 92.3 Å². The molecule has 2 aliphatic rings. The molecular formula is C35H45Cl2F3N4O8. The van der Waals surface area contributed by atoms with Crippen LogP contribution in [0.4, 0.5) is 18.9 Å². The van der Waals surface area contributed by atoms with Gasteiger partial charge in [0.2, 0.25) is 0 Å². The summed E-state index contributed by atoms with van der Waals surface area (Å²) in [5.41, 5.74) is -2.23. The molecule has 0 saturated carbocycles. The number of benzene rings is 2. The van der Waals surface area contributed by atoms with Crippen LogP contribution in [0.25, 0.3) is 0 Å². The summed E-state index contributed by atoms with van der Waals surface area (Å²) in [7, 11) is 0.908. The first-order valence-corrected chi connectivity index (χ1v) is 16.4. The molecule has 1 saturated heterocycles. The van der Waals surface area contributed by atoms with Crippen LogP contribution >= 0.6 is 24.8 Å². The predicted octanol–water partition coefficient (Wildman–Crippen LogP) is 5.93. The van der Waals surface area contributed by atoms with E-state index < -0.39 is 52.0 Å². The van der Waals surface area contributed by atoms with Crippen LogP contribution in [-0.2, 0) is 25.6 Å². The Hall–Kier alpha value is -3.89. The van der Waals surface area contributed by atoms with E-state index in [9.17, 15) is 38.0 Å². The van der Waals surface area contributed by atoms with Crippen LogP contribution in [-0.4, -0.2) is 78.7 Å². The second-order valence-corrected chi connectivity index (χ2v) is 12.7. The number of ether oxygens (including phenoxy) is 2. The minimum absolute atomic E-state index is 0. The molecule has 288 valence electrons. The second kappa shape index (κ2) is 19.8. The van der Waals surface area contributed by atoms with Crippen molar-refractivity contribution in [2.75, 3.05) is 33.4 Å². The first-order valence-electron chi connectivity index (χ1n) is 16.4. The molecule has 0 amide bonds. The van der Waals surface area contributed by atoms with Crippen LogP contribution in [0.3, 0.4) is 0 Å². The van der Waals surface area contributed by atoms with Crippen LogP contribution in [0.15, 0.2) is 71.1 Å². The van der Waals surface area contributed by atoms with Gasteiger partial charge < -0.3 is 30.1 Å². The number of piperidine rings is 1. The summed E-state index contributed by atoms with van der Waals surface area (Å²) < 4.78 is 52.9. The summed E-state index contributed by atoms with van der Waals surface area (Å²) >= 11 is 0. The van der Waals surface area contributed by atoms with Crippen molar-refractivity contribution in [1.29, 1.82) is 0 Å². The normalized spacial score (nSPS) is 17.4. The third-order valence-electron chi connectivity index (χ3n) is 8.64. The average Bonchev–Trinajstić information content (AvgIpc) is 3.08. The first-order chi connectivity index (χ1) is 23.7. The van der Waals surface area contributed by atoms with Crippen molar-refractivity contribution < 1.29 is 47.1 Å². The molecule has 4 rings (SSSR count). The van der Waals surface area contributed by atoms with Gasteiger partial charge in [0.15, 0.2) is 0 Å². The van der Waals surface area contributed by atoms with E-state index in [0.717, 1.165) is 37.6 Å². The lowest BCUT2D eigenvalue weighted by Gasteiger charge is -2.34. The van der Waals surface area contributed by atoms with Gasteiger partial charge in [-0.25, -0.2) is 9.59 Å². The fourth-order valence-corrected chi connectivity index (χ4v) is 6.00. The molecule has 2 atom stereocenters. The summed E-state index contributed by atoms with van der Waals surface area (Å²) in [6, 6.07) is 12.7. The summed E-state index contributed by atoms with van der Waals surface area (Å²) in [6.07, 6.45) is -2.55. The van der Waals surface area contributed by atoms with Gasteiger partial charge in [0.1, 0.15) is 24.2 Å². The molecule has 0 bridgehead atoms. The van der Waals surface area contributed by atoms with E-state index in [2.05, 4.69) is 10.6 Å². The number of carbonyl (C=O) groups excluding carboxylic acids is 2. The van der Waals surface area contributed by atoms with E-state index in [-0.39, 0.29) is 54.3 Å². The molecule has 0 spiro atoms. The third kappa shape index (κ3) is 11.8. The van der Waals surface area contributed by atoms with Crippen molar-refractivity contribution in [3.8, 4) is 5.75 Å². The standard InChI is InChI=1S/C35H43F3N4O8.2ClH/c1-21(2)39-19-27(43)20-49-28-12-10-23(11-13-28)8-9-24-14-16-41(17-15-24)50-34(45)29-22(3)40-32(35(36,37)38)31(33(44)48-4)30(29)25-6-5-7-26(18-25)42(46)47;;/h5-7,10-13,18,21,24,27,30,39-40,43H,8-9,14-17,19-20H2,1-4H3;2*1H. The van der Waals surface area contributed by atoms with Gasteiger partial charge in [-0.2, -0.15) is 13.2 Å². The van der Waals surface area contributed by atoms with E-state index >= 15 is 0 Å². The molecule has 12 nitrogen and oxygen atoms in total. The molecule has 2 aliphatic heterocycles. The van der Waals surface area contributed by atoms with Crippen molar-refractivity contribution in [2.45, 2.75) is 70.7 Å². The number of hydroxylamine groups is 2. The van der Waals surface area contributed by atoms with Crippen molar-refractivity contribution >= 4 is 42.4 Å². The van der Waals surface area contributed by atoms with Gasteiger partial charge in [-0.05, 0) is 61.8 Å². The summed E-state index contributed by atoms with van der Waals surface area (Å²) in [4.78, 5) is 43.0. The molecule has 2 aromatic rings. The number of nitro groups is 1. The number of aliphatic hydroxyl groups excluding tert-OH is 1. The van der Waals surface area contributed by atoms with E-state index in [0.29, 0.717) is 44.1 Å². The highest BCUT2D eigenvalue weighted by Gasteiger charge is 2.48. The SMILES string of the molecule is COC(=O)C1=C(C(F)(F)F)NC(C)=C(C(=O)ON2CCC(CCc3ccc(OCC(O)CNC(C)C)cc3)CC2)C1c1cccc([N+](=O)[O-])c1.Cl.Cl. The Balaban J connectivity index is 0.00000468. The maximum Gasteiger partial charge on any atom is 0.431 e. The third-order valence-corrected chi connectivity index (χ3v) is 8.64. The van der Waals surface area contributed by atoms with Crippen LogP contribution < -0.4 is 15.4 Å². The van der Waals surface area contributed by atoms with E-state index in [1.54, 1.807) is 0 Å². The quantitative estimate of drug-likeness (QED) is 0.119. The number of rotatable bonds is 14. The summed E-state index contributed by atoms with van der Waals surface area (Å²) in [5.74, 6) is -2.99. The van der Waals surface area contributed by atoms with Crippen LogP contribution in [0.1, 0.15) is 57.1 Å². The Labute approximate surface area is 312 Å². The van der Waals surface area contributed by atoms with Crippen LogP contribution in [0, 0.1) is 16.0 Å². The Morgan fingerprint density at radius 2 is 1.73 bits per heavy atom. The number of non-ortho nitro benzene ring substituents is 1. The highest BCUT2D eigenvalue weighted by Crippen LogP contribution is 2.44. The van der Waals surface area contributed by atoms with Crippen molar-refractivity contribution in [3.63, 3.8) is 0 Å². The first kappa shape index (κ1) is 44.3. The number of aryl methyl sites for hydroxylation is 1. The van der Waals surface area contributed by atoms with Gasteiger partial charge in [-0.1, -0.05) is 38.1 Å². The number of nitrogens with one attached hydrogen (secondary N) is 2. The van der Waals surface area contributed by atoms with E-state index in [1.807, 2.05) is 38.1 Å². The number of aliphatic hydroxyl groups is 1. The Bertz CT molecular complexity index is 1600. The van der Waals surface area contributed by atoms with Gasteiger partial charge >= 0.3 is 18.1 Å². The zero-order valence-corrected chi connectivity index (χ0v) is 30.9. The molecule has 2 unspecified atom stereocenters. The molecule has 1 fully saturated rings. The number of allylic oxidation sites excluding steroid dienone is 2.